The summed E-state index contributed by atoms with van der Waals surface area (Å²) in [7, 11) is 1.51. The SMILES string of the molecule is CN(CCN(CCN)C(=O)[C@@H]1Cc2cc(ccc2O)-c2cccc(c2)C[C@H](NC(=O)OC(C)(C)C)C(=O)N[C@](O)(CCCNC(=O)OC(C)(C)C)C(=O)N1)C(=O)OC(C)(C)C. The van der Waals surface area contributed by atoms with Crippen LogP contribution in [0.1, 0.15) is 86.3 Å². The number of rotatable bonds is 11. The lowest BCUT2D eigenvalue weighted by molar-refractivity contribution is -0.153. The number of ether oxygens (including phenoxy) is 3. The molecule has 1 aliphatic heterocycles. The molecule has 1 heterocycles. The maximum atomic E-state index is 14.5. The van der Waals surface area contributed by atoms with Gasteiger partial charge in [-0.3, -0.25) is 14.4 Å². The van der Waals surface area contributed by atoms with Gasteiger partial charge in [0.05, 0.1) is 0 Å². The first kappa shape index (κ1) is 49.7. The van der Waals surface area contributed by atoms with Crippen LogP contribution in [-0.4, -0.2) is 130 Å². The maximum absolute atomic E-state index is 14.5. The van der Waals surface area contributed by atoms with E-state index in [2.05, 4.69) is 21.3 Å². The smallest absolute Gasteiger partial charge is 0.410 e. The molecule has 3 atom stereocenters. The second-order valence-electron chi connectivity index (χ2n) is 18.1. The molecule has 61 heavy (non-hydrogen) atoms. The van der Waals surface area contributed by atoms with Gasteiger partial charge in [0.15, 0.2) is 0 Å². The fraction of sp³-hybridized carbons (Fsp3) is 0.581. The van der Waals surface area contributed by atoms with E-state index >= 15 is 0 Å². The van der Waals surface area contributed by atoms with Crippen molar-refractivity contribution in [1.82, 2.24) is 31.1 Å². The Hall–Kier alpha value is -5.62. The quantitative estimate of drug-likeness (QED) is 0.127. The number of benzene rings is 2. The zero-order chi connectivity index (χ0) is 45.9. The van der Waals surface area contributed by atoms with Gasteiger partial charge in [0.2, 0.25) is 17.5 Å². The van der Waals surface area contributed by atoms with E-state index in [9.17, 15) is 39.0 Å². The van der Waals surface area contributed by atoms with Crippen LogP contribution in [0, 0.1) is 0 Å². The fourth-order valence-corrected chi connectivity index (χ4v) is 6.18. The molecular weight excluding hydrogens is 791 g/mol. The second-order valence-corrected chi connectivity index (χ2v) is 18.1. The molecule has 0 unspecified atom stereocenters. The maximum Gasteiger partial charge on any atom is 0.410 e. The highest BCUT2D eigenvalue weighted by Gasteiger charge is 2.42. The number of likely N-dealkylation sites (N-methyl/N-ethyl adjacent to an activating group) is 1. The van der Waals surface area contributed by atoms with Crippen LogP contribution in [0.15, 0.2) is 42.5 Å². The van der Waals surface area contributed by atoms with Gasteiger partial charge in [-0.2, -0.15) is 0 Å². The Morgan fingerprint density at radius 1 is 0.852 bits per heavy atom. The highest BCUT2D eigenvalue weighted by Crippen LogP contribution is 2.29. The largest absolute Gasteiger partial charge is 0.508 e. The molecular formula is C43H65N7O11. The van der Waals surface area contributed by atoms with Crippen LogP contribution < -0.4 is 27.0 Å². The number of fused-ring (bicyclic) bond motifs is 5. The number of nitrogens with zero attached hydrogens (tertiary/aromatic N) is 2. The summed E-state index contributed by atoms with van der Waals surface area (Å²) in [5.74, 6) is -3.00. The van der Waals surface area contributed by atoms with Gasteiger partial charge in [-0.1, -0.05) is 30.3 Å². The molecule has 0 aromatic heterocycles. The van der Waals surface area contributed by atoms with Crippen LogP contribution >= 0.6 is 0 Å². The van der Waals surface area contributed by atoms with E-state index in [0.717, 1.165) is 0 Å². The number of phenolic OH excluding ortho intramolecular Hbond substituents is 1. The lowest BCUT2D eigenvalue weighted by Gasteiger charge is -2.34. The number of phenols is 1. The number of amides is 6. The first-order valence-corrected chi connectivity index (χ1v) is 20.3. The lowest BCUT2D eigenvalue weighted by Crippen LogP contribution is -2.65. The van der Waals surface area contributed by atoms with Crippen LogP contribution in [-0.2, 0) is 41.4 Å². The third-order valence-electron chi connectivity index (χ3n) is 9.02. The summed E-state index contributed by atoms with van der Waals surface area (Å²) in [6.45, 7) is 15.1. The minimum absolute atomic E-state index is 0.00152. The zero-order valence-electron chi connectivity index (χ0n) is 37.1. The molecule has 18 heteroatoms. The Morgan fingerprint density at radius 2 is 1.48 bits per heavy atom. The number of aliphatic hydroxyl groups is 1. The Balaban J connectivity index is 2.13. The summed E-state index contributed by atoms with van der Waals surface area (Å²) in [5, 5.41) is 33.4. The fourth-order valence-electron chi connectivity index (χ4n) is 6.18. The lowest BCUT2D eigenvalue weighted by atomic mass is 9.95. The van der Waals surface area contributed by atoms with Gasteiger partial charge < -0.3 is 61.2 Å². The minimum Gasteiger partial charge on any atom is -0.508 e. The van der Waals surface area contributed by atoms with E-state index in [0.29, 0.717) is 16.7 Å². The molecule has 3 rings (SSSR count). The van der Waals surface area contributed by atoms with Gasteiger partial charge in [-0.05, 0) is 103 Å². The van der Waals surface area contributed by atoms with Crippen LogP contribution in [0.5, 0.6) is 5.75 Å². The molecule has 2 aromatic rings. The molecule has 8 N–H and O–H groups in total. The number of aromatic hydroxyl groups is 1. The molecule has 2 aromatic carbocycles. The Bertz CT molecular complexity index is 1890. The summed E-state index contributed by atoms with van der Waals surface area (Å²) in [4.78, 5) is 84.1. The molecule has 0 radical (unpaired) electrons. The van der Waals surface area contributed by atoms with Crippen molar-refractivity contribution in [1.29, 1.82) is 0 Å². The van der Waals surface area contributed by atoms with Gasteiger partial charge in [0.1, 0.15) is 34.6 Å². The molecule has 1 aliphatic rings. The first-order chi connectivity index (χ1) is 28.2. The van der Waals surface area contributed by atoms with Crippen molar-refractivity contribution >= 4 is 36.0 Å². The average Bonchev–Trinajstić information content (AvgIpc) is 3.12. The normalized spacial score (nSPS) is 18.6. The van der Waals surface area contributed by atoms with Gasteiger partial charge in [0, 0.05) is 59.0 Å². The molecule has 0 aliphatic carbocycles. The minimum atomic E-state index is -2.74. The zero-order valence-corrected chi connectivity index (χ0v) is 37.1. The van der Waals surface area contributed by atoms with Crippen LogP contribution in [0.25, 0.3) is 11.1 Å². The summed E-state index contributed by atoms with van der Waals surface area (Å²) < 4.78 is 16.2. The molecule has 338 valence electrons. The predicted octanol–water partition coefficient (Wildman–Crippen LogP) is 3.30. The topological polar surface area (TPSA) is 251 Å². The van der Waals surface area contributed by atoms with Crippen molar-refractivity contribution in [3.8, 4) is 16.9 Å². The molecule has 18 nitrogen and oxygen atoms in total. The molecule has 0 saturated heterocycles. The molecule has 0 fully saturated rings. The third kappa shape index (κ3) is 16.4. The van der Waals surface area contributed by atoms with E-state index < -0.39 is 77.0 Å². The monoisotopic (exact) mass is 855 g/mol. The summed E-state index contributed by atoms with van der Waals surface area (Å²) in [6.07, 6.45) is -3.24. The third-order valence-corrected chi connectivity index (χ3v) is 9.02. The van der Waals surface area contributed by atoms with Crippen molar-refractivity contribution in [2.45, 2.75) is 123 Å². The highest BCUT2D eigenvalue weighted by molar-refractivity contribution is 5.95. The van der Waals surface area contributed by atoms with Crippen molar-refractivity contribution in [2.75, 3.05) is 39.8 Å². The van der Waals surface area contributed by atoms with Crippen molar-refractivity contribution < 1.29 is 53.2 Å². The van der Waals surface area contributed by atoms with Crippen molar-refractivity contribution in [2.24, 2.45) is 5.73 Å². The molecule has 6 amide bonds. The summed E-state index contributed by atoms with van der Waals surface area (Å²) in [6, 6.07) is 9.03. The van der Waals surface area contributed by atoms with E-state index in [1.54, 1.807) is 92.6 Å². The van der Waals surface area contributed by atoms with E-state index in [1.807, 2.05) is 6.07 Å². The van der Waals surface area contributed by atoms with E-state index in [4.69, 9.17) is 19.9 Å². The number of nitrogens with one attached hydrogen (secondary N) is 4. The van der Waals surface area contributed by atoms with Crippen LogP contribution in [0.4, 0.5) is 14.4 Å². The van der Waals surface area contributed by atoms with Gasteiger partial charge in [0.25, 0.3) is 5.91 Å². The Morgan fingerprint density at radius 3 is 2.10 bits per heavy atom. The second kappa shape index (κ2) is 20.8. The number of nitrogens with two attached hydrogens (primary N) is 1. The number of hydrogen-bond acceptors (Lipinski definition) is 12. The summed E-state index contributed by atoms with van der Waals surface area (Å²) >= 11 is 0. The van der Waals surface area contributed by atoms with Crippen molar-refractivity contribution in [3.05, 3.63) is 53.6 Å². The number of alkyl carbamates (subject to hydrolysis) is 2. The van der Waals surface area contributed by atoms with Gasteiger partial charge in [-0.25, -0.2) is 14.4 Å². The van der Waals surface area contributed by atoms with E-state index in [1.165, 1.54) is 22.9 Å². The number of carbonyl (C=O) groups is 6. The van der Waals surface area contributed by atoms with Gasteiger partial charge >= 0.3 is 18.3 Å². The first-order valence-electron chi connectivity index (χ1n) is 20.3. The molecule has 0 saturated carbocycles. The van der Waals surface area contributed by atoms with Crippen molar-refractivity contribution in [3.63, 3.8) is 0 Å². The van der Waals surface area contributed by atoms with Crippen LogP contribution in [0.3, 0.4) is 0 Å². The highest BCUT2D eigenvalue weighted by atomic mass is 16.6. The molecule has 0 spiro atoms. The number of hydrogen-bond donors (Lipinski definition) is 7. The average molecular weight is 856 g/mol. The van der Waals surface area contributed by atoms with E-state index in [-0.39, 0.29) is 63.3 Å². The summed E-state index contributed by atoms with van der Waals surface area (Å²) in [5.41, 5.74) is 2.89. The Labute approximate surface area is 358 Å². The van der Waals surface area contributed by atoms with Crippen LogP contribution in [0.2, 0.25) is 0 Å². The van der Waals surface area contributed by atoms with Gasteiger partial charge in [-0.15, -0.1) is 0 Å². The predicted molar refractivity (Wildman–Crippen MR) is 227 cm³/mol. The standard InChI is InChI=1S/C43H65N7O11/c1-40(2,3)59-37(55)45-19-12-17-43(58)36(54)46-32(35(53)50(20-18-44)22-21-49(10)39(57)61-42(7,8)9)26-30-25-29(15-16-33(30)51)28-14-11-13-27(23-28)24-31(34(52)48-43)47-38(56)60-41(4,5)6/h11,13-16,23,25,31-32,51,58H,12,17-22,24,26,44H2,1-10H3,(H,45,55)(H,46,54)(H,47,56)(H,48,52)/t31-,32-,43-/m0/s1. The molecule has 4 bridgehead atoms. The number of carbonyl (C=O) groups excluding carboxylic acids is 6. The Kier molecular flexibility index (Phi) is 16.9.